The van der Waals surface area contributed by atoms with Crippen molar-refractivity contribution in [2.75, 3.05) is 0 Å². The number of fused-ring (bicyclic) bond motifs is 1. The lowest BCUT2D eigenvalue weighted by Crippen LogP contribution is -3.12. The van der Waals surface area contributed by atoms with Gasteiger partial charge in [0.15, 0.2) is 17.1 Å². The number of furan rings is 1. The van der Waals surface area contributed by atoms with E-state index < -0.39 is 10.8 Å². The van der Waals surface area contributed by atoms with Gasteiger partial charge >= 0.3 is 0 Å². The Morgan fingerprint density at radius 3 is 2.41 bits per heavy atom. The highest BCUT2D eigenvalue weighted by atomic mass is 16.5. The van der Waals surface area contributed by atoms with Gasteiger partial charge in [0.25, 0.3) is 0 Å². The summed E-state index contributed by atoms with van der Waals surface area (Å²) in [5, 5.41) is 24.1. The van der Waals surface area contributed by atoms with E-state index in [-0.39, 0.29) is 22.1 Å². The zero-order chi connectivity index (χ0) is 15.7. The molecule has 0 saturated heterocycles. The second-order valence-electron chi connectivity index (χ2n) is 4.92. The molecule has 0 spiro atoms. The molecule has 1 aromatic heterocycles. The lowest BCUT2D eigenvalue weighted by atomic mass is 10.1. The summed E-state index contributed by atoms with van der Waals surface area (Å²) in [7, 11) is 0. The molecule has 0 amide bonds. The number of ketones is 1. The zero-order valence-corrected chi connectivity index (χ0v) is 11.8. The van der Waals surface area contributed by atoms with Crippen molar-refractivity contribution in [3.05, 3.63) is 76.3 Å². The van der Waals surface area contributed by atoms with Crippen LogP contribution in [0.1, 0.15) is 12.7 Å². The molecule has 2 aromatic rings. The van der Waals surface area contributed by atoms with Crippen molar-refractivity contribution < 1.29 is 19.3 Å². The monoisotopic (exact) mass is 298 g/mol. The number of benzene rings is 1. The lowest BCUT2D eigenvalue weighted by Gasteiger charge is -2.34. The molecule has 1 aliphatic heterocycles. The van der Waals surface area contributed by atoms with Crippen molar-refractivity contribution in [1.29, 1.82) is 0 Å². The number of carbonyl (C=O) groups is 1. The van der Waals surface area contributed by atoms with Gasteiger partial charge in [-0.15, -0.1) is 0 Å². The normalized spacial score (nSPS) is 21.2. The van der Waals surface area contributed by atoms with Gasteiger partial charge in [-0.05, 0) is 24.3 Å². The Hall–Kier alpha value is -2.51. The molecule has 2 unspecified atom stereocenters. The van der Waals surface area contributed by atoms with Crippen LogP contribution < -0.4 is 10.1 Å². The minimum Gasteiger partial charge on any atom is -0.623 e. The van der Waals surface area contributed by atoms with E-state index in [1.165, 1.54) is 25.3 Å². The predicted octanol–water partition coefficient (Wildman–Crippen LogP) is 0.836. The molecule has 2 atom stereocenters. The van der Waals surface area contributed by atoms with E-state index in [9.17, 15) is 15.2 Å². The Morgan fingerprint density at radius 1 is 1.09 bits per heavy atom. The zero-order valence-electron chi connectivity index (χ0n) is 11.8. The molecule has 0 aliphatic carbocycles. The first-order valence-electron chi connectivity index (χ1n) is 6.75. The third-order valence-corrected chi connectivity index (χ3v) is 3.55. The summed E-state index contributed by atoms with van der Waals surface area (Å²) in [6.45, 7) is 1.50. The number of hydrogen-bond acceptors (Lipinski definition) is 4. The topological polar surface area (TPSA) is 85.2 Å². The first-order chi connectivity index (χ1) is 10.6. The van der Waals surface area contributed by atoms with Crippen LogP contribution in [0.5, 0.6) is 0 Å². The second-order valence-corrected chi connectivity index (χ2v) is 4.92. The molecule has 1 aromatic carbocycles. The molecule has 0 radical (unpaired) electrons. The number of allylic oxidation sites excluding steroid dienone is 2. The SMILES string of the molecule is CC1=C(C(=O)/C=C/c2ccco2)[NH+]([O-])c2ccccc2[NH+]1[O-]. The Kier molecular flexibility index (Phi) is 3.74. The molecule has 0 saturated carbocycles. The maximum atomic E-state index is 12.5. The van der Waals surface area contributed by atoms with Crippen LogP contribution in [0.25, 0.3) is 6.08 Å². The van der Waals surface area contributed by atoms with Crippen LogP contribution in [0.4, 0.5) is 11.4 Å². The van der Waals surface area contributed by atoms with E-state index in [0.29, 0.717) is 11.4 Å². The van der Waals surface area contributed by atoms with Gasteiger partial charge in [-0.3, -0.25) is 9.86 Å². The summed E-state index contributed by atoms with van der Waals surface area (Å²) in [5.41, 5.74) is 0.716. The highest BCUT2D eigenvalue weighted by molar-refractivity contribution is 6.05. The van der Waals surface area contributed by atoms with Gasteiger partial charge in [0.2, 0.25) is 11.5 Å². The highest BCUT2D eigenvalue weighted by Crippen LogP contribution is 2.18. The van der Waals surface area contributed by atoms with E-state index in [1.807, 2.05) is 0 Å². The quantitative estimate of drug-likeness (QED) is 0.649. The molecule has 112 valence electrons. The summed E-state index contributed by atoms with van der Waals surface area (Å²) in [5.74, 6) is 0.00309. The van der Waals surface area contributed by atoms with E-state index in [2.05, 4.69) is 0 Å². The van der Waals surface area contributed by atoms with Crippen LogP contribution in [0.15, 0.2) is 64.5 Å². The van der Waals surface area contributed by atoms with E-state index in [4.69, 9.17) is 4.42 Å². The molecule has 0 fully saturated rings. The summed E-state index contributed by atoms with van der Waals surface area (Å²) < 4.78 is 5.10. The fraction of sp³-hybridized carbons (Fsp3) is 0.0625. The molecule has 0 bridgehead atoms. The summed E-state index contributed by atoms with van der Waals surface area (Å²) in [4.78, 5) is 12.3. The lowest BCUT2D eigenvalue weighted by molar-refractivity contribution is -0.796. The van der Waals surface area contributed by atoms with Crippen LogP contribution in [0, 0.1) is 10.4 Å². The van der Waals surface area contributed by atoms with Crippen LogP contribution in [0.3, 0.4) is 0 Å². The van der Waals surface area contributed by atoms with Crippen molar-refractivity contribution in [2.45, 2.75) is 6.92 Å². The number of carbonyl (C=O) groups excluding carboxylic acids is 1. The van der Waals surface area contributed by atoms with Crippen LogP contribution in [0.2, 0.25) is 0 Å². The first kappa shape index (κ1) is 14.4. The molecule has 2 N–H and O–H groups in total. The van der Waals surface area contributed by atoms with Gasteiger partial charge in [0.05, 0.1) is 6.26 Å². The Balaban J connectivity index is 1.96. The minimum atomic E-state index is -0.498. The van der Waals surface area contributed by atoms with Gasteiger partial charge in [-0.1, -0.05) is 12.1 Å². The maximum absolute atomic E-state index is 12.5. The number of para-hydroxylation sites is 2. The number of quaternary nitrogens is 2. The van der Waals surface area contributed by atoms with E-state index in [0.717, 1.165) is 0 Å². The largest absolute Gasteiger partial charge is 0.623 e. The third-order valence-electron chi connectivity index (χ3n) is 3.55. The fourth-order valence-corrected chi connectivity index (χ4v) is 2.42. The second kappa shape index (κ2) is 5.70. The predicted molar refractivity (Wildman–Crippen MR) is 79.9 cm³/mol. The van der Waals surface area contributed by atoms with Crippen molar-refractivity contribution in [1.82, 2.24) is 0 Å². The van der Waals surface area contributed by atoms with Crippen molar-refractivity contribution in [3.63, 3.8) is 0 Å². The van der Waals surface area contributed by atoms with Gasteiger partial charge in [-0.2, -0.15) is 0 Å². The molecule has 2 heterocycles. The van der Waals surface area contributed by atoms with Crippen molar-refractivity contribution >= 4 is 23.2 Å². The van der Waals surface area contributed by atoms with Crippen molar-refractivity contribution in [2.24, 2.45) is 0 Å². The number of rotatable bonds is 3. The molecule has 1 aliphatic rings. The van der Waals surface area contributed by atoms with Gasteiger partial charge in [0.1, 0.15) is 5.76 Å². The summed E-state index contributed by atoms with van der Waals surface area (Å²) in [6.07, 6.45) is 4.21. The van der Waals surface area contributed by atoms with Gasteiger partial charge in [0, 0.05) is 19.1 Å². The third kappa shape index (κ3) is 2.40. The average Bonchev–Trinajstić information content (AvgIpc) is 3.04. The summed E-state index contributed by atoms with van der Waals surface area (Å²) in [6, 6.07) is 9.91. The van der Waals surface area contributed by atoms with E-state index >= 15 is 0 Å². The van der Waals surface area contributed by atoms with Crippen LogP contribution >= 0.6 is 0 Å². The summed E-state index contributed by atoms with van der Waals surface area (Å²) >= 11 is 0. The smallest absolute Gasteiger partial charge is 0.245 e. The molecule has 3 rings (SSSR count). The average molecular weight is 298 g/mol. The molecular formula is C16H14N2O4. The molecule has 6 nitrogen and oxygen atoms in total. The number of nitrogens with one attached hydrogen (secondary N) is 2. The number of hydroxylamine groups is 2. The van der Waals surface area contributed by atoms with Crippen LogP contribution in [-0.4, -0.2) is 5.78 Å². The van der Waals surface area contributed by atoms with Gasteiger partial charge in [-0.25, -0.2) is 0 Å². The molecular weight excluding hydrogens is 284 g/mol. The Morgan fingerprint density at radius 2 is 1.77 bits per heavy atom. The Bertz CT molecular complexity index is 762. The maximum Gasteiger partial charge on any atom is 0.245 e. The van der Waals surface area contributed by atoms with Gasteiger partial charge < -0.3 is 19.9 Å². The molecule has 6 heteroatoms. The standard InChI is InChI=1S/C16H14N2O4/c1-11-16(15(19)9-8-12-5-4-10-22-12)18(21)14-7-3-2-6-13(14)17(11)20/h2-10,17-18H,1H3/b9-8+. The molecule has 22 heavy (non-hydrogen) atoms. The minimum absolute atomic E-state index is 0.0773. The van der Waals surface area contributed by atoms with Crippen molar-refractivity contribution in [3.8, 4) is 0 Å². The fourth-order valence-electron chi connectivity index (χ4n) is 2.42. The first-order valence-corrected chi connectivity index (χ1v) is 6.75. The van der Waals surface area contributed by atoms with Crippen LogP contribution in [-0.2, 0) is 4.79 Å². The highest BCUT2D eigenvalue weighted by Gasteiger charge is 2.33. The van der Waals surface area contributed by atoms with E-state index in [1.54, 1.807) is 36.4 Å². The Labute approximate surface area is 126 Å². The number of hydrogen-bond donors (Lipinski definition) is 2.